The summed E-state index contributed by atoms with van der Waals surface area (Å²) in [5, 5.41) is 2.86. The van der Waals surface area contributed by atoms with Crippen LogP contribution in [-0.4, -0.2) is 31.7 Å². The van der Waals surface area contributed by atoms with Gasteiger partial charge in [0.2, 0.25) is 0 Å². The topological polar surface area (TPSA) is 44.9 Å². The molecule has 0 aliphatic carbocycles. The Morgan fingerprint density at radius 2 is 1.88 bits per heavy atom. The Balaban J connectivity index is 2.02. The minimum atomic E-state index is -0.653. The zero-order valence-electron chi connectivity index (χ0n) is 10.7. The van der Waals surface area contributed by atoms with Gasteiger partial charge in [-0.3, -0.25) is 4.79 Å². The van der Waals surface area contributed by atoms with Crippen molar-refractivity contribution in [2.45, 2.75) is 25.6 Å². The van der Waals surface area contributed by atoms with E-state index in [1.54, 1.807) is 6.92 Å². The van der Waals surface area contributed by atoms with Crippen LogP contribution >= 0.6 is 0 Å². The zero-order chi connectivity index (χ0) is 12.6. The summed E-state index contributed by atoms with van der Waals surface area (Å²) in [5.74, 6) is -0.0809. The molecule has 2 rings (SSSR count). The van der Waals surface area contributed by atoms with Crippen molar-refractivity contribution < 1.29 is 9.53 Å². The number of ether oxygens (including phenoxy) is 1. The Morgan fingerprint density at radius 1 is 1.35 bits per heavy atom. The lowest BCUT2D eigenvalue weighted by Crippen LogP contribution is -2.29. The van der Waals surface area contributed by atoms with Gasteiger partial charge in [-0.15, -0.1) is 0 Å². The van der Waals surface area contributed by atoms with Crippen LogP contribution in [0.15, 0.2) is 24.3 Å². The first-order valence-corrected chi connectivity index (χ1v) is 5.70. The summed E-state index contributed by atoms with van der Waals surface area (Å²) in [6.07, 6.45) is 0.00329. The van der Waals surface area contributed by atoms with Gasteiger partial charge in [0.25, 0.3) is 5.91 Å². The smallest absolute Gasteiger partial charge is 0.259 e. The maximum Gasteiger partial charge on any atom is 0.259 e. The average molecular weight is 234 g/mol. The van der Waals surface area contributed by atoms with E-state index in [1.165, 1.54) is 0 Å². The standard InChI is InChI=1S/C13H18N2O2/c1-9-13(2,17-9)12(16)14-10-5-7-11(8-6-10)15(3)4/h5-9H,1-4H3,(H,14,16)/t9-,13+/m0/s1. The third kappa shape index (κ3) is 2.26. The van der Waals surface area contributed by atoms with Gasteiger partial charge in [0.15, 0.2) is 5.60 Å². The summed E-state index contributed by atoms with van der Waals surface area (Å²) in [4.78, 5) is 13.9. The number of hydrogen-bond acceptors (Lipinski definition) is 3. The molecule has 1 aliphatic heterocycles. The Bertz CT molecular complexity index is 428. The van der Waals surface area contributed by atoms with E-state index in [4.69, 9.17) is 4.74 Å². The lowest BCUT2D eigenvalue weighted by atomic mass is 10.1. The van der Waals surface area contributed by atoms with Crippen LogP contribution in [-0.2, 0) is 9.53 Å². The molecule has 1 N–H and O–H groups in total. The number of anilines is 2. The van der Waals surface area contributed by atoms with Crippen molar-refractivity contribution in [2.24, 2.45) is 0 Å². The number of epoxide rings is 1. The number of nitrogens with zero attached hydrogens (tertiary/aromatic N) is 1. The number of hydrogen-bond donors (Lipinski definition) is 1. The second kappa shape index (κ2) is 4.04. The molecule has 92 valence electrons. The SMILES string of the molecule is C[C@@H]1O[C@@]1(C)C(=O)Nc1ccc(N(C)C)cc1. The van der Waals surface area contributed by atoms with E-state index in [2.05, 4.69) is 5.32 Å². The summed E-state index contributed by atoms with van der Waals surface area (Å²) in [7, 11) is 3.96. The molecular formula is C13H18N2O2. The lowest BCUT2D eigenvalue weighted by molar-refractivity contribution is -0.120. The van der Waals surface area contributed by atoms with E-state index < -0.39 is 5.60 Å². The van der Waals surface area contributed by atoms with Gasteiger partial charge in [-0.1, -0.05) is 0 Å². The second-order valence-corrected chi connectivity index (χ2v) is 4.76. The normalized spacial score (nSPS) is 26.5. The van der Waals surface area contributed by atoms with Gasteiger partial charge in [-0.25, -0.2) is 0 Å². The Labute approximate surface area is 102 Å². The molecule has 0 saturated carbocycles. The molecule has 17 heavy (non-hydrogen) atoms. The molecule has 0 spiro atoms. The average Bonchev–Trinajstić information content (AvgIpc) is 2.89. The van der Waals surface area contributed by atoms with Crippen molar-refractivity contribution in [3.63, 3.8) is 0 Å². The highest BCUT2D eigenvalue weighted by Gasteiger charge is 2.55. The monoisotopic (exact) mass is 234 g/mol. The van der Waals surface area contributed by atoms with Crippen molar-refractivity contribution in [3.8, 4) is 0 Å². The molecule has 1 saturated heterocycles. The summed E-state index contributed by atoms with van der Waals surface area (Å²) < 4.78 is 5.28. The third-order valence-electron chi connectivity index (χ3n) is 3.23. The van der Waals surface area contributed by atoms with Crippen molar-refractivity contribution in [3.05, 3.63) is 24.3 Å². The summed E-state index contributed by atoms with van der Waals surface area (Å²) in [6.45, 7) is 3.70. The summed E-state index contributed by atoms with van der Waals surface area (Å²) in [6, 6.07) is 7.72. The van der Waals surface area contributed by atoms with Crippen LogP contribution in [0.1, 0.15) is 13.8 Å². The van der Waals surface area contributed by atoms with Crippen LogP contribution in [0, 0.1) is 0 Å². The van der Waals surface area contributed by atoms with Gasteiger partial charge in [-0.05, 0) is 38.1 Å². The van der Waals surface area contributed by atoms with E-state index in [0.29, 0.717) is 0 Å². The van der Waals surface area contributed by atoms with E-state index in [0.717, 1.165) is 11.4 Å². The van der Waals surface area contributed by atoms with E-state index in [-0.39, 0.29) is 12.0 Å². The van der Waals surface area contributed by atoms with Gasteiger partial charge in [0.05, 0.1) is 6.10 Å². The van der Waals surface area contributed by atoms with E-state index >= 15 is 0 Å². The van der Waals surface area contributed by atoms with Gasteiger partial charge < -0.3 is 15.0 Å². The molecule has 1 heterocycles. The largest absolute Gasteiger partial charge is 0.378 e. The third-order valence-corrected chi connectivity index (χ3v) is 3.23. The van der Waals surface area contributed by atoms with Crippen molar-refractivity contribution in [1.82, 2.24) is 0 Å². The van der Waals surface area contributed by atoms with Crippen molar-refractivity contribution in [1.29, 1.82) is 0 Å². The molecule has 2 atom stereocenters. The molecule has 0 radical (unpaired) electrons. The molecule has 0 aromatic heterocycles. The molecular weight excluding hydrogens is 216 g/mol. The first-order valence-electron chi connectivity index (χ1n) is 5.70. The number of rotatable bonds is 3. The second-order valence-electron chi connectivity index (χ2n) is 4.76. The fourth-order valence-electron chi connectivity index (χ4n) is 1.67. The predicted octanol–water partition coefficient (Wildman–Crippen LogP) is 1.87. The highest BCUT2D eigenvalue weighted by Crippen LogP contribution is 2.36. The molecule has 4 nitrogen and oxygen atoms in total. The zero-order valence-corrected chi connectivity index (χ0v) is 10.7. The van der Waals surface area contributed by atoms with Gasteiger partial charge in [0.1, 0.15) is 0 Å². The highest BCUT2D eigenvalue weighted by molar-refractivity contribution is 5.99. The Hall–Kier alpha value is -1.55. The minimum Gasteiger partial charge on any atom is -0.378 e. The van der Waals surface area contributed by atoms with Crippen LogP contribution in [0.4, 0.5) is 11.4 Å². The molecule has 0 bridgehead atoms. The Morgan fingerprint density at radius 3 is 2.29 bits per heavy atom. The number of carbonyl (C=O) groups excluding carboxylic acids is 1. The quantitative estimate of drug-likeness (QED) is 0.812. The molecule has 1 aromatic rings. The number of nitrogens with one attached hydrogen (secondary N) is 1. The fourth-order valence-corrected chi connectivity index (χ4v) is 1.67. The van der Waals surface area contributed by atoms with E-state index in [1.807, 2.05) is 50.2 Å². The maximum atomic E-state index is 11.9. The predicted molar refractivity (Wildman–Crippen MR) is 68.4 cm³/mol. The maximum absolute atomic E-state index is 11.9. The molecule has 0 unspecified atom stereocenters. The van der Waals surface area contributed by atoms with Gasteiger partial charge in [-0.2, -0.15) is 0 Å². The van der Waals surface area contributed by atoms with Crippen LogP contribution < -0.4 is 10.2 Å². The van der Waals surface area contributed by atoms with Crippen molar-refractivity contribution in [2.75, 3.05) is 24.3 Å². The van der Waals surface area contributed by atoms with Gasteiger partial charge in [0, 0.05) is 25.5 Å². The molecule has 1 aromatic carbocycles. The van der Waals surface area contributed by atoms with Crippen LogP contribution in [0.25, 0.3) is 0 Å². The first-order chi connectivity index (χ1) is 7.93. The molecule has 1 amide bonds. The van der Waals surface area contributed by atoms with Crippen LogP contribution in [0.3, 0.4) is 0 Å². The number of benzene rings is 1. The van der Waals surface area contributed by atoms with E-state index in [9.17, 15) is 4.79 Å². The summed E-state index contributed by atoms with van der Waals surface area (Å²) in [5.41, 5.74) is 1.25. The number of carbonyl (C=O) groups is 1. The molecule has 1 aliphatic rings. The molecule has 4 heteroatoms. The highest BCUT2D eigenvalue weighted by atomic mass is 16.6. The number of amides is 1. The molecule has 1 fully saturated rings. The fraction of sp³-hybridized carbons (Fsp3) is 0.462. The van der Waals surface area contributed by atoms with Crippen molar-refractivity contribution >= 4 is 17.3 Å². The lowest BCUT2D eigenvalue weighted by Gasteiger charge is -2.13. The first kappa shape index (κ1) is 11.9. The van der Waals surface area contributed by atoms with Crippen LogP contribution in [0.5, 0.6) is 0 Å². The minimum absolute atomic E-state index is 0.00329. The Kier molecular flexibility index (Phi) is 2.83. The van der Waals surface area contributed by atoms with Gasteiger partial charge >= 0.3 is 0 Å². The summed E-state index contributed by atoms with van der Waals surface area (Å²) >= 11 is 0. The van der Waals surface area contributed by atoms with Crippen LogP contribution in [0.2, 0.25) is 0 Å².